The van der Waals surface area contributed by atoms with Crippen LogP contribution in [0.1, 0.15) is 35.7 Å². The normalized spacial score (nSPS) is 18.3. The molecule has 6 heteroatoms. The third-order valence-corrected chi connectivity index (χ3v) is 3.94. The van der Waals surface area contributed by atoms with Crippen LogP contribution >= 0.6 is 11.6 Å². The predicted molar refractivity (Wildman–Crippen MR) is 117 cm³/mol. The van der Waals surface area contributed by atoms with Crippen LogP contribution in [0.25, 0.3) is 11.1 Å². The quantitative estimate of drug-likeness (QED) is 0.411. The van der Waals surface area contributed by atoms with Crippen molar-refractivity contribution in [2.45, 2.75) is 6.10 Å². The number of carbonyl (C=O) groups is 1. The molecule has 0 saturated heterocycles. The van der Waals surface area contributed by atoms with Gasteiger partial charge in [-0.3, -0.25) is 0 Å². The van der Waals surface area contributed by atoms with Crippen LogP contribution in [0, 0.1) is 0 Å². The first-order valence-corrected chi connectivity index (χ1v) is 8.72. The summed E-state index contributed by atoms with van der Waals surface area (Å²) < 4.78 is 82.5. The summed E-state index contributed by atoms with van der Waals surface area (Å²) in [6.45, 7) is -9.48. The highest BCUT2D eigenvalue weighted by atomic mass is 35.5. The molecule has 0 fully saturated rings. The molecule has 0 amide bonds. The zero-order chi connectivity index (χ0) is 29.5. The second kappa shape index (κ2) is 10.1. The Morgan fingerprint density at radius 2 is 1.97 bits per heavy atom. The lowest BCUT2D eigenvalue weighted by molar-refractivity contribution is 0.0697. The molecule has 0 unspecified atom stereocenters. The summed E-state index contributed by atoms with van der Waals surface area (Å²) in [5.74, 6) is -1.29. The van der Waals surface area contributed by atoms with E-state index in [2.05, 4.69) is 5.32 Å². The highest BCUT2D eigenvalue weighted by molar-refractivity contribution is 6.30. The van der Waals surface area contributed by atoms with Crippen molar-refractivity contribution in [2.24, 2.45) is 0 Å². The number of carboxylic acids is 1. The van der Waals surface area contributed by atoms with E-state index in [1.165, 1.54) is 42.5 Å². The second-order valence-electron chi connectivity index (χ2n) is 5.74. The van der Waals surface area contributed by atoms with Crippen LogP contribution in [0.3, 0.4) is 0 Å². The van der Waals surface area contributed by atoms with Crippen LogP contribution < -0.4 is 10.6 Å². The van der Waals surface area contributed by atoms with E-state index >= 15 is 0 Å². The van der Waals surface area contributed by atoms with E-state index in [1.54, 1.807) is 5.32 Å². The first-order valence-electron chi connectivity index (χ1n) is 13.3. The Hall–Kier alpha value is -2.86. The number of rotatable bonds is 9. The van der Waals surface area contributed by atoms with Gasteiger partial charge in [0.25, 0.3) is 0 Å². The molecule has 1 atom stereocenters. The molecule has 0 aliphatic carbocycles. The molecule has 150 valence electrons. The monoisotopic (exact) mass is 420 g/mol. The van der Waals surface area contributed by atoms with Gasteiger partial charge in [0.15, 0.2) is 0 Å². The first-order chi connectivity index (χ1) is 17.9. The summed E-state index contributed by atoms with van der Waals surface area (Å²) in [5.41, 5.74) is -1.14. The number of aliphatic hydroxyl groups is 1. The molecule has 5 nitrogen and oxygen atoms in total. The molecule has 0 heterocycles. The van der Waals surface area contributed by atoms with Gasteiger partial charge in [-0.25, -0.2) is 4.79 Å². The molecule has 3 aromatic carbocycles. The summed E-state index contributed by atoms with van der Waals surface area (Å²) in [5, 5.41) is 23.8. The number of aliphatic hydroxyl groups excluding tert-OH is 1. The third-order valence-electron chi connectivity index (χ3n) is 3.71. The first kappa shape index (κ1) is 11.4. The highest BCUT2D eigenvalue weighted by Crippen LogP contribution is 2.23. The molecule has 0 bridgehead atoms. The fraction of sp³-hybridized carbons (Fsp3) is 0.174. The third kappa shape index (κ3) is 6.06. The van der Waals surface area contributed by atoms with Crippen LogP contribution in [0.4, 0.5) is 5.69 Å². The van der Waals surface area contributed by atoms with E-state index in [1.807, 2.05) is 0 Å². The van der Waals surface area contributed by atoms with Crippen LogP contribution in [0.5, 0.6) is 0 Å². The predicted octanol–water partition coefficient (Wildman–Crippen LogP) is 4.44. The minimum Gasteiger partial charge on any atom is -0.478 e. The van der Waals surface area contributed by atoms with Crippen molar-refractivity contribution in [3.63, 3.8) is 0 Å². The number of anilines is 1. The topological polar surface area (TPSA) is 81.6 Å². The van der Waals surface area contributed by atoms with Gasteiger partial charge in [0.1, 0.15) is 0 Å². The Bertz CT molecular complexity index is 1420. The van der Waals surface area contributed by atoms with Gasteiger partial charge in [-0.05, 0) is 53.0 Å². The lowest BCUT2D eigenvalue weighted by Gasteiger charge is -2.13. The van der Waals surface area contributed by atoms with Crippen LogP contribution in [-0.4, -0.2) is 35.7 Å². The van der Waals surface area contributed by atoms with Gasteiger partial charge in [-0.1, -0.05) is 48.0 Å². The van der Waals surface area contributed by atoms with Crippen molar-refractivity contribution in [1.82, 2.24) is 5.32 Å². The largest absolute Gasteiger partial charge is 0.478 e. The summed E-state index contributed by atoms with van der Waals surface area (Å²) in [7, 11) is 0. The van der Waals surface area contributed by atoms with Crippen LogP contribution in [0.15, 0.2) is 72.7 Å². The van der Waals surface area contributed by atoms with Gasteiger partial charge in [-0.15, -0.1) is 0 Å². The van der Waals surface area contributed by atoms with Gasteiger partial charge in [0, 0.05) is 35.7 Å². The van der Waals surface area contributed by atoms with Crippen molar-refractivity contribution in [2.75, 3.05) is 24.8 Å². The molecule has 4 N–H and O–H groups in total. The minimum absolute atomic E-state index is 0.00988. The lowest BCUT2D eigenvalue weighted by Crippen LogP contribution is -2.26. The number of hydrogen-bond donors (Lipinski definition) is 4. The van der Waals surface area contributed by atoms with Gasteiger partial charge >= 0.3 is 5.97 Å². The van der Waals surface area contributed by atoms with Crippen molar-refractivity contribution in [3.05, 3.63) is 88.9 Å². The molecule has 0 spiro atoms. The molecule has 3 rings (SSSR count). The number of aromatic carboxylic acids is 1. The van der Waals surface area contributed by atoms with E-state index in [-0.39, 0.29) is 27.3 Å². The van der Waals surface area contributed by atoms with Crippen LogP contribution in [-0.2, 0) is 0 Å². The average Bonchev–Trinajstić information content (AvgIpc) is 2.84. The van der Waals surface area contributed by atoms with Gasteiger partial charge in [-0.2, -0.15) is 0 Å². The maximum atomic E-state index is 11.4. The molecule has 3 aromatic rings. The van der Waals surface area contributed by atoms with Gasteiger partial charge in [0.05, 0.1) is 19.9 Å². The molecule has 0 aliphatic heterocycles. The zero-order valence-electron chi connectivity index (χ0n) is 24.9. The molecule has 29 heavy (non-hydrogen) atoms. The fourth-order valence-corrected chi connectivity index (χ4v) is 2.55. The van der Waals surface area contributed by atoms with E-state index in [9.17, 15) is 15.0 Å². The van der Waals surface area contributed by atoms with Crippen molar-refractivity contribution in [1.29, 1.82) is 0 Å². The lowest BCUT2D eigenvalue weighted by atomic mass is 10.0. The molecule has 0 aromatic heterocycles. The summed E-state index contributed by atoms with van der Waals surface area (Å²) in [6, 6.07) is 7.83. The van der Waals surface area contributed by atoms with E-state index < -0.39 is 61.4 Å². The zero-order valence-corrected chi connectivity index (χ0v) is 15.6. The summed E-state index contributed by atoms with van der Waals surface area (Å²) in [4.78, 5) is 11.4. The molecular weight excluding hydrogens is 388 g/mol. The van der Waals surface area contributed by atoms with Crippen LogP contribution in [0.2, 0.25) is 5.02 Å². The minimum atomic E-state index is -3.29. The number of halogens is 1. The second-order valence-corrected chi connectivity index (χ2v) is 6.17. The number of carboxylic acid groups (broad SMARTS) is 1. The van der Waals surface area contributed by atoms with E-state index in [0.29, 0.717) is 0 Å². The highest BCUT2D eigenvalue weighted by Gasteiger charge is 2.07. The average molecular weight is 421 g/mol. The standard InChI is InChI=1S/C23H23ClN2O3/c24-20-8-2-6-18(13-20)22(27)15-25-10-11-26-21-9-3-5-17(14-21)16-4-1-7-19(12-16)23(28)29/h1-9,12-14,22,25-27H,10-11,15H2,(H,28,29)/t22-/m0/s1/i3D,5D,9D,10D2,11D2,14D,15D2. The maximum absolute atomic E-state index is 11.4. The Morgan fingerprint density at radius 1 is 1.14 bits per heavy atom. The Kier molecular flexibility index (Phi) is 3.94. The van der Waals surface area contributed by atoms with Gasteiger partial charge in [0.2, 0.25) is 0 Å². The van der Waals surface area contributed by atoms with Gasteiger partial charge < -0.3 is 20.8 Å². The molecule has 0 radical (unpaired) electrons. The maximum Gasteiger partial charge on any atom is 0.335 e. The van der Waals surface area contributed by atoms with E-state index in [4.69, 9.17) is 25.3 Å². The van der Waals surface area contributed by atoms with Crippen molar-refractivity contribution in [3.8, 4) is 11.1 Å². The summed E-state index contributed by atoms with van der Waals surface area (Å²) in [6.07, 6.45) is -1.98. The van der Waals surface area contributed by atoms with Crippen molar-refractivity contribution < 1.29 is 28.7 Å². The molecule has 0 saturated carbocycles. The Labute approximate surface area is 189 Å². The molecular formula is C23H23ClN2O3. The fourth-order valence-electron chi connectivity index (χ4n) is 2.35. The SMILES string of the molecule is [2H]c1c([2H])c(NC([2H])([2H])C([2H])([2H])NC([2H])([2H])[C@H](O)c2cccc(Cl)c2)c([2H])c(-c2cccc(C(=O)O)c2)c1[2H]. The molecule has 0 aliphatic rings. The number of hydrogen-bond acceptors (Lipinski definition) is 4. The van der Waals surface area contributed by atoms with E-state index in [0.717, 1.165) is 6.07 Å². The Balaban J connectivity index is 2.02. The number of benzene rings is 3. The Morgan fingerprint density at radius 3 is 2.76 bits per heavy atom. The summed E-state index contributed by atoms with van der Waals surface area (Å²) >= 11 is 5.88. The van der Waals surface area contributed by atoms with Crippen molar-refractivity contribution >= 4 is 23.3 Å². The smallest absolute Gasteiger partial charge is 0.335 e. The number of nitrogens with one attached hydrogen (secondary N) is 2.